The molecule has 0 spiro atoms. The molecular formula is C10H12N2O4S. The molecule has 0 aromatic heterocycles. The Kier molecular flexibility index (Phi) is 3.89. The molecule has 0 heterocycles. The fourth-order valence-corrected chi connectivity index (χ4v) is 1.36. The highest BCUT2D eigenvalue weighted by Crippen LogP contribution is 2.24. The van der Waals surface area contributed by atoms with Gasteiger partial charge in [-0.05, 0) is 12.1 Å². The van der Waals surface area contributed by atoms with Gasteiger partial charge in [0, 0.05) is 22.1 Å². The van der Waals surface area contributed by atoms with E-state index in [9.17, 15) is 0 Å². The maximum atomic E-state index is 8.74. The van der Waals surface area contributed by atoms with Crippen molar-refractivity contribution in [2.45, 2.75) is 0 Å². The largest absolute Gasteiger partial charge is 0.398 e. The standard InChI is InChI=1S/C10H10N2.H2O4S/c11-9-5-1-3-7-8(9)4-2-6-10(7)12;1-5(2,3)4/h1-6H,11-12H2;(H2,1,2,3,4). The number of fused-ring (bicyclic) bond motifs is 1. The Labute approximate surface area is 98.4 Å². The fourth-order valence-electron chi connectivity index (χ4n) is 1.36. The van der Waals surface area contributed by atoms with Crippen molar-refractivity contribution in [1.29, 1.82) is 0 Å². The molecule has 2 aromatic rings. The second-order valence-corrected chi connectivity index (χ2v) is 4.13. The predicted molar refractivity (Wildman–Crippen MR) is 67.0 cm³/mol. The van der Waals surface area contributed by atoms with Crippen molar-refractivity contribution in [3.05, 3.63) is 36.4 Å². The Hall–Kier alpha value is -1.83. The number of hydrogen-bond donors (Lipinski definition) is 4. The molecule has 6 nitrogen and oxygen atoms in total. The van der Waals surface area contributed by atoms with Crippen molar-refractivity contribution < 1.29 is 17.5 Å². The molecule has 17 heavy (non-hydrogen) atoms. The first kappa shape index (κ1) is 13.2. The third-order valence-electron chi connectivity index (χ3n) is 1.99. The topological polar surface area (TPSA) is 127 Å². The van der Waals surface area contributed by atoms with Crippen molar-refractivity contribution in [1.82, 2.24) is 0 Å². The van der Waals surface area contributed by atoms with Crippen LogP contribution in [-0.2, 0) is 10.4 Å². The predicted octanol–water partition coefficient (Wildman–Crippen LogP) is 1.35. The van der Waals surface area contributed by atoms with Gasteiger partial charge in [-0.2, -0.15) is 8.42 Å². The van der Waals surface area contributed by atoms with Crippen molar-refractivity contribution in [2.24, 2.45) is 0 Å². The quantitative estimate of drug-likeness (QED) is 0.416. The van der Waals surface area contributed by atoms with Crippen LogP contribution < -0.4 is 11.5 Å². The van der Waals surface area contributed by atoms with E-state index in [4.69, 9.17) is 29.0 Å². The monoisotopic (exact) mass is 256 g/mol. The minimum absolute atomic E-state index is 0.778. The molecule has 2 aromatic carbocycles. The summed E-state index contributed by atoms with van der Waals surface area (Å²) in [7, 11) is -4.67. The molecular weight excluding hydrogens is 244 g/mol. The molecule has 0 aliphatic heterocycles. The average Bonchev–Trinajstić information content (AvgIpc) is 2.17. The van der Waals surface area contributed by atoms with Gasteiger partial charge >= 0.3 is 10.4 Å². The normalized spacial score (nSPS) is 10.7. The van der Waals surface area contributed by atoms with Gasteiger partial charge in [-0.25, -0.2) is 0 Å². The molecule has 0 saturated heterocycles. The van der Waals surface area contributed by atoms with E-state index in [0.717, 1.165) is 22.1 Å². The molecule has 0 unspecified atom stereocenters. The van der Waals surface area contributed by atoms with Gasteiger partial charge in [-0.15, -0.1) is 0 Å². The van der Waals surface area contributed by atoms with E-state index in [1.54, 1.807) is 0 Å². The zero-order valence-corrected chi connectivity index (χ0v) is 9.55. The molecule has 0 aliphatic rings. The van der Waals surface area contributed by atoms with Gasteiger partial charge in [0.15, 0.2) is 0 Å². The van der Waals surface area contributed by atoms with Gasteiger partial charge in [-0.1, -0.05) is 24.3 Å². The molecule has 0 atom stereocenters. The zero-order valence-electron chi connectivity index (χ0n) is 8.74. The molecule has 0 saturated carbocycles. The fraction of sp³-hybridized carbons (Fsp3) is 0. The van der Waals surface area contributed by atoms with Crippen LogP contribution in [0.25, 0.3) is 10.8 Å². The minimum Gasteiger partial charge on any atom is -0.398 e. The summed E-state index contributed by atoms with van der Waals surface area (Å²) in [6.45, 7) is 0. The summed E-state index contributed by atoms with van der Waals surface area (Å²) in [5.74, 6) is 0. The summed E-state index contributed by atoms with van der Waals surface area (Å²) in [4.78, 5) is 0. The van der Waals surface area contributed by atoms with E-state index in [2.05, 4.69) is 0 Å². The van der Waals surface area contributed by atoms with Crippen LogP contribution in [0.15, 0.2) is 36.4 Å². The molecule has 7 heteroatoms. The zero-order chi connectivity index (χ0) is 13.1. The third-order valence-corrected chi connectivity index (χ3v) is 1.99. The molecule has 0 amide bonds. The number of anilines is 2. The summed E-state index contributed by atoms with van der Waals surface area (Å²) in [5.41, 5.74) is 13.1. The smallest absolute Gasteiger partial charge is 0.394 e. The summed E-state index contributed by atoms with van der Waals surface area (Å²) in [6, 6.07) is 11.5. The van der Waals surface area contributed by atoms with Gasteiger partial charge in [0.1, 0.15) is 0 Å². The highest BCUT2D eigenvalue weighted by Gasteiger charge is 1.98. The number of benzene rings is 2. The van der Waals surface area contributed by atoms with E-state index in [0.29, 0.717) is 0 Å². The van der Waals surface area contributed by atoms with E-state index in [-0.39, 0.29) is 0 Å². The highest BCUT2D eigenvalue weighted by molar-refractivity contribution is 7.79. The second-order valence-electron chi connectivity index (χ2n) is 3.24. The van der Waals surface area contributed by atoms with Gasteiger partial charge in [0.25, 0.3) is 0 Å². The Morgan fingerprint density at radius 2 is 1.12 bits per heavy atom. The van der Waals surface area contributed by atoms with Crippen molar-refractivity contribution in [2.75, 3.05) is 11.5 Å². The number of nitrogen functional groups attached to an aromatic ring is 2. The average molecular weight is 256 g/mol. The maximum Gasteiger partial charge on any atom is 0.394 e. The lowest BCUT2D eigenvalue weighted by molar-refractivity contribution is 0.381. The lowest BCUT2D eigenvalue weighted by Gasteiger charge is -2.03. The Morgan fingerprint density at radius 1 is 0.824 bits per heavy atom. The van der Waals surface area contributed by atoms with Gasteiger partial charge in [-0.3, -0.25) is 9.11 Å². The number of nitrogens with two attached hydrogens (primary N) is 2. The Morgan fingerprint density at radius 3 is 1.41 bits per heavy atom. The van der Waals surface area contributed by atoms with Crippen LogP contribution in [0.3, 0.4) is 0 Å². The molecule has 0 bridgehead atoms. The van der Waals surface area contributed by atoms with Crippen molar-refractivity contribution in [3.63, 3.8) is 0 Å². The van der Waals surface area contributed by atoms with Crippen molar-refractivity contribution in [3.8, 4) is 0 Å². The molecule has 0 fully saturated rings. The van der Waals surface area contributed by atoms with Gasteiger partial charge in [0.2, 0.25) is 0 Å². The Bertz CT molecular complexity index is 576. The van der Waals surface area contributed by atoms with Crippen molar-refractivity contribution >= 4 is 32.5 Å². The first-order valence-electron chi connectivity index (χ1n) is 4.51. The van der Waals surface area contributed by atoms with E-state index in [1.807, 2.05) is 36.4 Å². The molecule has 0 radical (unpaired) electrons. The second kappa shape index (κ2) is 5.00. The van der Waals surface area contributed by atoms with Crippen LogP contribution >= 0.6 is 0 Å². The lowest BCUT2D eigenvalue weighted by atomic mass is 10.1. The minimum atomic E-state index is -4.67. The van der Waals surface area contributed by atoms with E-state index >= 15 is 0 Å². The van der Waals surface area contributed by atoms with Crippen LogP contribution in [0, 0.1) is 0 Å². The third kappa shape index (κ3) is 4.27. The lowest BCUT2D eigenvalue weighted by Crippen LogP contribution is -1.90. The molecule has 6 N–H and O–H groups in total. The van der Waals surface area contributed by atoms with Gasteiger partial charge < -0.3 is 11.5 Å². The van der Waals surface area contributed by atoms with E-state index < -0.39 is 10.4 Å². The number of hydrogen-bond acceptors (Lipinski definition) is 4. The molecule has 0 aliphatic carbocycles. The maximum absolute atomic E-state index is 8.74. The molecule has 2 rings (SSSR count). The highest BCUT2D eigenvalue weighted by atomic mass is 32.3. The molecule has 92 valence electrons. The summed E-state index contributed by atoms with van der Waals surface area (Å²) in [5, 5.41) is 2.05. The number of rotatable bonds is 0. The van der Waals surface area contributed by atoms with Gasteiger partial charge in [0.05, 0.1) is 0 Å². The first-order valence-corrected chi connectivity index (χ1v) is 5.91. The van der Waals surface area contributed by atoms with Crippen LogP contribution in [0.1, 0.15) is 0 Å². The summed E-state index contributed by atoms with van der Waals surface area (Å²) >= 11 is 0. The summed E-state index contributed by atoms with van der Waals surface area (Å²) in [6.07, 6.45) is 0. The van der Waals surface area contributed by atoms with Crippen LogP contribution in [0.2, 0.25) is 0 Å². The summed E-state index contributed by atoms with van der Waals surface area (Å²) < 4.78 is 31.6. The SMILES string of the molecule is Nc1cccc2c(N)cccc12.O=S(=O)(O)O. The Balaban J connectivity index is 0.000000249. The van der Waals surface area contributed by atoms with Crippen LogP contribution in [-0.4, -0.2) is 17.5 Å². The van der Waals surface area contributed by atoms with E-state index in [1.165, 1.54) is 0 Å². The van der Waals surface area contributed by atoms with Crippen LogP contribution in [0.4, 0.5) is 11.4 Å². The van der Waals surface area contributed by atoms with Crippen LogP contribution in [0.5, 0.6) is 0 Å². The first-order chi connectivity index (χ1) is 7.79.